The topological polar surface area (TPSA) is 77.2 Å². The zero-order chi connectivity index (χ0) is 13.1. The van der Waals surface area contributed by atoms with Crippen molar-refractivity contribution >= 4 is 23.3 Å². The first-order valence-corrected chi connectivity index (χ1v) is 6.24. The Hall–Kier alpha value is -1.33. The molecule has 1 amide bonds. The molecule has 98 valence electrons. The van der Waals surface area contributed by atoms with Crippen molar-refractivity contribution in [1.29, 1.82) is 0 Å². The lowest BCUT2D eigenvalue weighted by Gasteiger charge is -2.19. The number of carbonyl (C=O) groups excluding carboxylic acids is 1. The van der Waals surface area contributed by atoms with Crippen molar-refractivity contribution in [2.24, 2.45) is 0 Å². The first-order chi connectivity index (χ1) is 8.60. The molecule has 0 bridgehead atoms. The van der Waals surface area contributed by atoms with Gasteiger partial charge in [0.05, 0.1) is 12.1 Å². The minimum atomic E-state index is -0.194. The van der Waals surface area contributed by atoms with Gasteiger partial charge in [-0.15, -0.1) is 0 Å². The number of ether oxygens (including phenoxy) is 1. The second kappa shape index (κ2) is 5.54. The summed E-state index contributed by atoms with van der Waals surface area (Å²) in [7, 11) is 1.66. The van der Waals surface area contributed by atoms with Crippen LogP contribution in [0.1, 0.15) is 29.6 Å². The Morgan fingerprint density at radius 3 is 3.00 bits per heavy atom. The predicted molar refractivity (Wildman–Crippen MR) is 69.6 cm³/mol. The predicted octanol–water partition coefficient (Wildman–Crippen LogP) is 1.61. The van der Waals surface area contributed by atoms with Crippen LogP contribution in [0.25, 0.3) is 0 Å². The second-order valence-corrected chi connectivity index (χ2v) is 4.78. The molecule has 2 rings (SSSR count). The minimum absolute atomic E-state index is 0.0515. The molecule has 6 heteroatoms. The van der Waals surface area contributed by atoms with Crippen LogP contribution in [0.2, 0.25) is 5.15 Å². The van der Waals surface area contributed by atoms with Crippen LogP contribution in [0.4, 0.5) is 5.82 Å². The van der Waals surface area contributed by atoms with Gasteiger partial charge in [-0.1, -0.05) is 11.6 Å². The highest BCUT2D eigenvalue weighted by atomic mass is 35.5. The largest absolute Gasteiger partial charge is 0.384 e. The van der Waals surface area contributed by atoms with E-state index in [4.69, 9.17) is 22.1 Å². The Morgan fingerprint density at radius 2 is 2.33 bits per heavy atom. The van der Waals surface area contributed by atoms with E-state index in [1.54, 1.807) is 7.11 Å². The molecule has 1 aliphatic carbocycles. The van der Waals surface area contributed by atoms with Crippen LogP contribution in [0.3, 0.4) is 0 Å². The number of halogens is 1. The summed E-state index contributed by atoms with van der Waals surface area (Å²) in [6.07, 6.45) is 3.05. The Kier molecular flexibility index (Phi) is 4.04. The Labute approximate surface area is 111 Å². The molecule has 5 nitrogen and oxygen atoms in total. The van der Waals surface area contributed by atoms with Gasteiger partial charge in [0.15, 0.2) is 0 Å². The number of nitrogen functional groups attached to an aromatic ring is 1. The minimum Gasteiger partial charge on any atom is -0.384 e. The molecule has 1 saturated carbocycles. The Morgan fingerprint density at radius 1 is 1.56 bits per heavy atom. The Balaban J connectivity index is 2.07. The number of carbonyl (C=O) groups is 1. The number of amides is 1. The number of hydrogen-bond donors (Lipinski definition) is 2. The number of methoxy groups -OCH3 is 1. The number of anilines is 1. The number of rotatable bonds is 3. The molecule has 0 radical (unpaired) electrons. The van der Waals surface area contributed by atoms with Crippen LogP contribution >= 0.6 is 11.6 Å². The fraction of sp³-hybridized carbons (Fsp3) is 0.500. The van der Waals surface area contributed by atoms with Gasteiger partial charge >= 0.3 is 0 Å². The lowest BCUT2D eigenvalue weighted by molar-refractivity contribution is 0.0722. The van der Waals surface area contributed by atoms with Crippen LogP contribution in [0, 0.1) is 0 Å². The lowest BCUT2D eigenvalue weighted by Crippen LogP contribution is -2.40. The van der Waals surface area contributed by atoms with E-state index in [0.717, 1.165) is 19.3 Å². The highest BCUT2D eigenvalue weighted by Gasteiger charge is 2.28. The van der Waals surface area contributed by atoms with Gasteiger partial charge in [-0.05, 0) is 31.4 Å². The standard InChI is InChI=1S/C12H16ClN3O2/c1-18-9-4-2-3-8(9)15-12(17)7-5-10(13)16-11(14)6-7/h5-6,8-9H,2-4H2,1H3,(H2,14,16)(H,15,17). The summed E-state index contributed by atoms with van der Waals surface area (Å²) in [5, 5.41) is 3.16. The monoisotopic (exact) mass is 269 g/mol. The molecule has 0 aromatic carbocycles. The smallest absolute Gasteiger partial charge is 0.251 e. The molecule has 2 atom stereocenters. The van der Waals surface area contributed by atoms with Gasteiger partial charge in [-0.2, -0.15) is 0 Å². The summed E-state index contributed by atoms with van der Waals surface area (Å²) in [5.41, 5.74) is 5.98. The third-order valence-electron chi connectivity index (χ3n) is 3.15. The van der Waals surface area contributed by atoms with Crippen molar-refractivity contribution < 1.29 is 9.53 Å². The second-order valence-electron chi connectivity index (χ2n) is 4.39. The fourth-order valence-corrected chi connectivity index (χ4v) is 2.49. The number of hydrogen-bond acceptors (Lipinski definition) is 4. The van der Waals surface area contributed by atoms with Gasteiger partial charge in [0.25, 0.3) is 5.91 Å². The molecule has 1 aromatic rings. The summed E-state index contributed by atoms with van der Waals surface area (Å²) in [6.45, 7) is 0. The molecule has 1 aliphatic rings. The van der Waals surface area contributed by atoms with Crippen LogP contribution in [-0.2, 0) is 4.74 Å². The number of aromatic nitrogens is 1. The molecule has 1 fully saturated rings. The Bertz CT molecular complexity index is 433. The van der Waals surface area contributed by atoms with Crippen LogP contribution in [-0.4, -0.2) is 30.1 Å². The third kappa shape index (κ3) is 2.91. The van der Waals surface area contributed by atoms with Crippen molar-refractivity contribution in [3.63, 3.8) is 0 Å². The SMILES string of the molecule is COC1CCCC1NC(=O)c1cc(N)nc(Cl)c1. The number of pyridine rings is 1. The van der Waals surface area contributed by atoms with E-state index in [1.807, 2.05) is 0 Å². The molecule has 0 saturated heterocycles. The fourth-order valence-electron chi connectivity index (χ4n) is 2.27. The van der Waals surface area contributed by atoms with E-state index in [-0.39, 0.29) is 29.0 Å². The van der Waals surface area contributed by atoms with Gasteiger partial charge in [-0.3, -0.25) is 4.79 Å². The van der Waals surface area contributed by atoms with Gasteiger partial charge in [0.2, 0.25) is 0 Å². The first-order valence-electron chi connectivity index (χ1n) is 5.87. The van der Waals surface area contributed by atoms with Crippen molar-refractivity contribution in [1.82, 2.24) is 10.3 Å². The number of nitrogens with zero attached hydrogens (tertiary/aromatic N) is 1. The van der Waals surface area contributed by atoms with E-state index in [1.165, 1.54) is 12.1 Å². The highest BCUT2D eigenvalue weighted by molar-refractivity contribution is 6.29. The summed E-state index contributed by atoms with van der Waals surface area (Å²) in [5.74, 6) is 0.0438. The van der Waals surface area contributed by atoms with E-state index >= 15 is 0 Å². The molecule has 1 aromatic heterocycles. The van der Waals surface area contributed by atoms with Crippen LogP contribution in [0.5, 0.6) is 0 Å². The van der Waals surface area contributed by atoms with E-state index in [2.05, 4.69) is 10.3 Å². The number of nitrogens with two attached hydrogens (primary N) is 1. The van der Waals surface area contributed by atoms with Crippen molar-refractivity contribution in [2.75, 3.05) is 12.8 Å². The highest BCUT2D eigenvalue weighted by Crippen LogP contribution is 2.22. The maximum atomic E-state index is 12.1. The first kappa shape index (κ1) is 13.1. The van der Waals surface area contributed by atoms with E-state index in [0.29, 0.717) is 5.56 Å². The van der Waals surface area contributed by atoms with E-state index in [9.17, 15) is 4.79 Å². The van der Waals surface area contributed by atoms with Gasteiger partial charge in [-0.25, -0.2) is 4.98 Å². The van der Waals surface area contributed by atoms with Crippen molar-refractivity contribution in [2.45, 2.75) is 31.4 Å². The molecule has 0 aliphatic heterocycles. The molecular weight excluding hydrogens is 254 g/mol. The maximum absolute atomic E-state index is 12.1. The van der Waals surface area contributed by atoms with Crippen molar-refractivity contribution in [3.8, 4) is 0 Å². The average Bonchev–Trinajstić information content (AvgIpc) is 2.75. The lowest BCUT2D eigenvalue weighted by atomic mass is 10.2. The molecule has 3 N–H and O–H groups in total. The summed E-state index contributed by atoms with van der Waals surface area (Å²) in [6, 6.07) is 3.07. The van der Waals surface area contributed by atoms with Crippen LogP contribution < -0.4 is 11.1 Å². The molecule has 1 heterocycles. The summed E-state index contributed by atoms with van der Waals surface area (Å²) in [4.78, 5) is 15.9. The van der Waals surface area contributed by atoms with Gasteiger partial charge in [0.1, 0.15) is 11.0 Å². The number of nitrogens with one attached hydrogen (secondary N) is 1. The molecule has 0 spiro atoms. The zero-order valence-electron chi connectivity index (χ0n) is 10.1. The van der Waals surface area contributed by atoms with E-state index < -0.39 is 0 Å². The molecule has 2 unspecified atom stereocenters. The van der Waals surface area contributed by atoms with Crippen LogP contribution in [0.15, 0.2) is 12.1 Å². The van der Waals surface area contributed by atoms with Crippen molar-refractivity contribution in [3.05, 3.63) is 22.8 Å². The van der Waals surface area contributed by atoms with Gasteiger partial charge < -0.3 is 15.8 Å². The summed E-state index contributed by atoms with van der Waals surface area (Å²) < 4.78 is 5.33. The normalized spacial score (nSPS) is 23.0. The summed E-state index contributed by atoms with van der Waals surface area (Å²) >= 11 is 5.77. The zero-order valence-corrected chi connectivity index (χ0v) is 10.9. The maximum Gasteiger partial charge on any atom is 0.251 e. The van der Waals surface area contributed by atoms with Gasteiger partial charge in [0, 0.05) is 12.7 Å². The quantitative estimate of drug-likeness (QED) is 0.818. The third-order valence-corrected chi connectivity index (χ3v) is 3.34. The molecule has 18 heavy (non-hydrogen) atoms. The average molecular weight is 270 g/mol. The molecular formula is C12H16ClN3O2.